The lowest BCUT2D eigenvalue weighted by Crippen LogP contribution is -2.29. The van der Waals surface area contributed by atoms with E-state index in [1.807, 2.05) is 30.3 Å². The first-order valence-corrected chi connectivity index (χ1v) is 7.45. The summed E-state index contributed by atoms with van der Waals surface area (Å²) in [5.41, 5.74) is 7.49. The van der Waals surface area contributed by atoms with Gasteiger partial charge in [-0.05, 0) is 55.4 Å². The summed E-state index contributed by atoms with van der Waals surface area (Å²) in [7, 11) is 0. The van der Waals surface area contributed by atoms with Gasteiger partial charge in [0.15, 0.2) is 0 Å². The summed E-state index contributed by atoms with van der Waals surface area (Å²) in [6.07, 6.45) is 3.81. The molecule has 3 heteroatoms. The van der Waals surface area contributed by atoms with E-state index in [0.29, 0.717) is 6.10 Å². The fourth-order valence-corrected chi connectivity index (χ4v) is 2.97. The van der Waals surface area contributed by atoms with Crippen LogP contribution in [0.15, 0.2) is 30.3 Å². The molecule has 1 aromatic carbocycles. The average molecular weight is 270 g/mol. The number of hydrogen-bond acceptors (Lipinski definition) is 3. The van der Waals surface area contributed by atoms with Gasteiger partial charge in [0.25, 0.3) is 0 Å². The van der Waals surface area contributed by atoms with Gasteiger partial charge in [0, 0.05) is 17.1 Å². The molecule has 0 aliphatic heterocycles. The van der Waals surface area contributed by atoms with Gasteiger partial charge in [0.1, 0.15) is 6.10 Å². The van der Waals surface area contributed by atoms with Gasteiger partial charge in [-0.15, -0.1) is 0 Å². The molecule has 1 heterocycles. The van der Waals surface area contributed by atoms with Gasteiger partial charge in [-0.1, -0.05) is 13.8 Å². The SMILES string of the molecule is CC1CCC(Oc2ccc3cc(N)ccc3n2)CC1C. The Balaban J connectivity index is 1.76. The topological polar surface area (TPSA) is 48.1 Å². The monoisotopic (exact) mass is 270 g/mol. The second kappa shape index (κ2) is 5.31. The molecule has 3 nitrogen and oxygen atoms in total. The maximum Gasteiger partial charge on any atom is 0.214 e. The number of aromatic nitrogens is 1. The van der Waals surface area contributed by atoms with Gasteiger partial charge in [-0.3, -0.25) is 0 Å². The highest BCUT2D eigenvalue weighted by Gasteiger charge is 2.25. The van der Waals surface area contributed by atoms with Crippen molar-refractivity contribution in [2.75, 3.05) is 5.73 Å². The quantitative estimate of drug-likeness (QED) is 0.838. The van der Waals surface area contributed by atoms with Gasteiger partial charge in [0.2, 0.25) is 5.88 Å². The number of hydrogen-bond donors (Lipinski definition) is 1. The van der Waals surface area contributed by atoms with Crippen LogP contribution in [0.3, 0.4) is 0 Å². The van der Waals surface area contributed by atoms with E-state index >= 15 is 0 Å². The van der Waals surface area contributed by atoms with E-state index in [4.69, 9.17) is 10.5 Å². The molecule has 2 N–H and O–H groups in total. The van der Waals surface area contributed by atoms with Crippen LogP contribution in [-0.4, -0.2) is 11.1 Å². The summed E-state index contributed by atoms with van der Waals surface area (Å²) in [4.78, 5) is 4.58. The molecule has 1 saturated carbocycles. The van der Waals surface area contributed by atoms with Crippen LogP contribution in [0, 0.1) is 11.8 Å². The Morgan fingerprint density at radius 1 is 1.10 bits per heavy atom. The van der Waals surface area contributed by atoms with E-state index in [1.165, 1.54) is 6.42 Å². The van der Waals surface area contributed by atoms with Crippen LogP contribution in [0.4, 0.5) is 5.69 Å². The fourth-order valence-electron chi connectivity index (χ4n) is 2.97. The van der Waals surface area contributed by atoms with Crippen molar-refractivity contribution < 1.29 is 4.74 Å². The normalized spacial score (nSPS) is 26.6. The number of nitrogen functional groups attached to an aromatic ring is 1. The first-order chi connectivity index (χ1) is 9.61. The summed E-state index contributed by atoms with van der Waals surface area (Å²) >= 11 is 0. The van der Waals surface area contributed by atoms with Crippen molar-refractivity contribution in [2.45, 2.75) is 39.2 Å². The van der Waals surface area contributed by atoms with Gasteiger partial charge in [0.05, 0.1) is 5.52 Å². The molecule has 2 aromatic rings. The molecular formula is C17H22N2O. The zero-order valence-corrected chi connectivity index (χ0v) is 12.2. The molecule has 0 radical (unpaired) electrons. The second-order valence-electron chi connectivity index (χ2n) is 6.11. The Hall–Kier alpha value is -1.77. The zero-order valence-electron chi connectivity index (χ0n) is 12.2. The van der Waals surface area contributed by atoms with Crippen LogP contribution in [0.2, 0.25) is 0 Å². The third kappa shape index (κ3) is 2.72. The Morgan fingerprint density at radius 2 is 1.95 bits per heavy atom. The van der Waals surface area contributed by atoms with Gasteiger partial charge in [-0.25, -0.2) is 4.98 Å². The maximum atomic E-state index is 6.07. The lowest BCUT2D eigenvalue weighted by atomic mass is 9.80. The molecule has 3 atom stereocenters. The van der Waals surface area contributed by atoms with Crippen LogP contribution in [0.5, 0.6) is 5.88 Å². The van der Waals surface area contributed by atoms with E-state index < -0.39 is 0 Å². The third-order valence-corrected chi connectivity index (χ3v) is 4.53. The molecule has 1 aliphatic rings. The van der Waals surface area contributed by atoms with E-state index in [-0.39, 0.29) is 0 Å². The van der Waals surface area contributed by atoms with E-state index in [2.05, 4.69) is 18.8 Å². The largest absolute Gasteiger partial charge is 0.474 e. The first-order valence-electron chi connectivity index (χ1n) is 7.45. The van der Waals surface area contributed by atoms with E-state index in [9.17, 15) is 0 Å². The van der Waals surface area contributed by atoms with Crippen molar-refractivity contribution in [2.24, 2.45) is 11.8 Å². The number of nitrogens with zero attached hydrogens (tertiary/aromatic N) is 1. The average Bonchev–Trinajstić information content (AvgIpc) is 2.43. The van der Waals surface area contributed by atoms with Crippen molar-refractivity contribution in [3.63, 3.8) is 0 Å². The van der Waals surface area contributed by atoms with Crippen molar-refractivity contribution in [1.82, 2.24) is 4.98 Å². The van der Waals surface area contributed by atoms with Gasteiger partial charge in [-0.2, -0.15) is 0 Å². The van der Waals surface area contributed by atoms with E-state index in [1.54, 1.807) is 0 Å². The van der Waals surface area contributed by atoms with Gasteiger partial charge < -0.3 is 10.5 Å². The number of benzene rings is 1. The van der Waals surface area contributed by atoms with Crippen molar-refractivity contribution in [3.05, 3.63) is 30.3 Å². The van der Waals surface area contributed by atoms with Crippen LogP contribution in [0.1, 0.15) is 33.1 Å². The van der Waals surface area contributed by atoms with Crippen LogP contribution in [-0.2, 0) is 0 Å². The molecule has 3 rings (SSSR count). The lowest BCUT2D eigenvalue weighted by Gasteiger charge is -2.31. The molecule has 1 aliphatic carbocycles. The predicted octanol–water partition coefficient (Wildman–Crippen LogP) is 4.02. The molecule has 1 fully saturated rings. The first kappa shape index (κ1) is 13.2. The summed E-state index contributed by atoms with van der Waals surface area (Å²) in [5, 5.41) is 1.06. The lowest BCUT2D eigenvalue weighted by molar-refractivity contribution is 0.0968. The Labute approximate surface area is 120 Å². The summed E-state index contributed by atoms with van der Waals surface area (Å²) in [6, 6.07) is 9.75. The molecule has 0 saturated heterocycles. The molecule has 20 heavy (non-hydrogen) atoms. The second-order valence-corrected chi connectivity index (χ2v) is 6.11. The van der Waals surface area contributed by atoms with Crippen LogP contribution >= 0.6 is 0 Å². The molecule has 106 valence electrons. The number of pyridine rings is 1. The highest BCUT2D eigenvalue weighted by atomic mass is 16.5. The predicted molar refractivity (Wildman–Crippen MR) is 82.8 cm³/mol. The molecule has 0 spiro atoms. The van der Waals surface area contributed by atoms with E-state index in [0.717, 1.165) is 47.1 Å². The minimum absolute atomic E-state index is 0.305. The standard InChI is InChI=1S/C17H22N2O/c1-11-3-6-15(9-12(11)2)20-17-8-4-13-10-14(18)5-7-16(13)19-17/h4-5,7-8,10-12,15H,3,6,9,18H2,1-2H3. The summed E-state index contributed by atoms with van der Waals surface area (Å²) in [6.45, 7) is 4.65. The zero-order chi connectivity index (χ0) is 14.1. The van der Waals surface area contributed by atoms with Crippen molar-refractivity contribution in [3.8, 4) is 5.88 Å². The Morgan fingerprint density at radius 3 is 2.75 bits per heavy atom. The number of rotatable bonds is 2. The number of nitrogens with two attached hydrogens (primary N) is 1. The molecule has 0 amide bonds. The summed E-state index contributed by atoms with van der Waals surface area (Å²) < 4.78 is 6.07. The third-order valence-electron chi connectivity index (χ3n) is 4.53. The molecular weight excluding hydrogens is 248 g/mol. The Kier molecular flexibility index (Phi) is 3.51. The van der Waals surface area contributed by atoms with Crippen LogP contribution in [0.25, 0.3) is 10.9 Å². The highest BCUT2D eigenvalue weighted by Crippen LogP contribution is 2.31. The minimum atomic E-state index is 0.305. The Bertz CT molecular complexity index is 611. The summed E-state index contributed by atoms with van der Waals surface area (Å²) in [5.74, 6) is 2.27. The number of ether oxygens (including phenoxy) is 1. The molecule has 1 aromatic heterocycles. The minimum Gasteiger partial charge on any atom is -0.474 e. The molecule has 0 bridgehead atoms. The number of fused-ring (bicyclic) bond motifs is 1. The number of anilines is 1. The highest BCUT2D eigenvalue weighted by molar-refractivity contribution is 5.82. The smallest absolute Gasteiger partial charge is 0.214 e. The fraction of sp³-hybridized carbons (Fsp3) is 0.471. The van der Waals surface area contributed by atoms with Crippen molar-refractivity contribution in [1.29, 1.82) is 0 Å². The van der Waals surface area contributed by atoms with Crippen molar-refractivity contribution >= 4 is 16.6 Å². The molecule has 3 unspecified atom stereocenters. The van der Waals surface area contributed by atoms with Gasteiger partial charge >= 0.3 is 0 Å². The maximum absolute atomic E-state index is 6.07. The van der Waals surface area contributed by atoms with Crippen LogP contribution < -0.4 is 10.5 Å².